The quantitative estimate of drug-likeness (QED) is 0.515. The van der Waals surface area contributed by atoms with Gasteiger partial charge in [0.2, 0.25) is 0 Å². The molecule has 1 aromatic carbocycles. The fourth-order valence-electron chi connectivity index (χ4n) is 2.98. The Morgan fingerprint density at radius 2 is 2.13 bits per heavy atom. The number of fused-ring (bicyclic) bond motifs is 1. The lowest BCUT2D eigenvalue weighted by atomic mass is 10.0. The first-order valence-corrected chi connectivity index (χ1v) is 7.80. The van der Waals surface area contributed by atoms with Crippen molar-refractivity contribution >= 4 is 16.7 Å². The number of Topliss-reactive ketones (excluding diaryl/α,β-unsaturated/α-hetero) is 1. The second-order valence-electron chi connectivity index (χ2n) is 5.81. The van der Waals surface area contributed by atoms with Crippen LogP contribution in [0.1, 0.15) is 28.2 Å². The molecule has 0 N–H and O–H groups in total. The summed E-state index contributed by atoms with van der Waals surface area (Å²) in [6, 6.07) is 8.01. The van der Waals surface area contributed by atoms with E-state index in [1.54, 1.807) is 0 Å². The Hall–Kier alpha value is -2.62. The standard InChI is InChI=1S/C19H21N3O/c1-4-11-22-13-20-17(14(22)2)9-10-19(23)16-12-21(3)18-8-6-5-7-15(16)18/h4-8,12-13H,1,9-11H2,2-3H3. The normalized spacial score (nSPS) is 11.0. The van der Waals surface area contributed by atoms with E-state index in [1.807, 2.05) is 66.0 Å². The summed E-state index contributed by atoms with van der Waals surface area (Å²) < 4.78 is 4.05. The van der Waals surface area contributed by atoms with E-state index in [0.29, 0.717) is 12.8 Å². The van der Waals surface area contributed by atoms with Crippen molar-refractivity contribution in [1.29, 1.82) is 0 Å². The van der Waals surface area contributed by atoms with Gasteiger partial charge in [0.25, 0.3) is 0 Å². The summed E-state index contributed by atoms with van der Waals surface area (Å²) in [5, 5.41) is 1.02. The minimum atomic E-state index is 0.166. The summed E-state index contributed by atoms with van der Waals surface area (Å²) in [4.78, 5) is 17.1. The number of allylic oxidation sites excluding steroid dienone is 1. The molecule has 0 aliphatic heterocycles. The van der Waals surface area contributed by atoms with Crippen molar-refractivity contribution in [2.24, 2.45) is 7.05 Å². The SMILES string of the molecule is C=CCn1cnc(CCC(=O)c2cn(C)c3ccccc23)c1C. The van der Waals surface area contributed by atoms with E-state index in [-0.39, 0.29) is 5.78 Å². The number of hydrogen-bond donors (Lipinski definition) is 0. The zero-order chi connectivity index (χ0) is 16.4. The Labute approximate surface area is 136 Å². The third-order valence-corrected chi connectivity index (χ3v) is 4.31. The molecule has 0 atom stereocenters. The first-order valence-electron chi connectivity index (χ1n) is 7.80. The number of para-hydroxylation sites is 1. The average Bonchev–Trinajstić information content (AvgIpc) is 3.08. The monoisotopic (exact) mass is 307 g/mol. The smallest absolute Gasteiger partial charge is 0.165 e. The van der Waals surface area contributed by atoms with E-state index in [9.17, 15) is 4.79 Å². The van der Waals surface area contributed by atoms with Crippen LogP contribution in [0.2, 0.25) is 0 Å². The molecule has 3 aromatic rings. The van der Waals surface area contributed by atoms with Gasteiger partial charge >= 0.3 is 0 Å². The van der Waals surface area contributed by atoms with Gasteiger partial charge in [0, 0.05) is 48.4 Å². The molecule has 4 nitrogen and oxygen atoms in total. The van der Waals surface area contributed by atoms with Crippen LogP contribution in [0.5, 0.6) is 0 Å². The van der Waals surface area contributed by atoms with Crippen molar-refractivity contribution in [2.45, 2.75) is 26.3 Å². The molecule has 23 heavy (non-hydrogen) atoms. The summed E-state index contributed by atoms with van der Waals surface area (Å²) in [6.07, 6.45) is 6.72. The average molecular weight is 307 g/mol. The Bertz CT molecular complexity index is 870. The van der Waals surface area contributed by atoms with Crippen molar-refractivity contribution in [3.8, 4) is 0 Å². The lowest BCUT2D eigenvalue weighted by molar-refractivity contribution is 0.0984. The minimum absolute atomic E-state index is 0.166. The maximum Gasteiger partial charge on any atom is 0.165 e. The molecule has 0 bridgehead atoms. The summed E-state index contributed by atoms with van der Waals surface area (Å²) in [6.45, 7) is 6.53. The molecule has 0 aliphatic rings. The molecule has 0 unspecified atom stereocenters. The third-order valence-electron chi connectivity index (χ3n) is 4.31. The Morgan fingerprint density at radius 1 is 1.35 bits per heavy atom. The molecule has 118 valence electrons. The predicted molar refractivity (Wildman–Crippen MR) is 92.7 cm³/mol. The number of nitrogens with zero attached hydrogens (tertiary/aromatic N) is 3. The number of carbonyl (C=O) groups excluding carboxylic acids is 1. The van der Waals surface area contributed by atoms with Gasteiger partial charge in [-0.3, -0.25) is 4.79 Å². The van der Waals surface area contributed by atoms with Crippen LogP contribution >= 0.6 is 0 Å². The third kappa shape index (κ3) is 2.84. The highest BCUT2D eigenvalue weighted by Crippen LogP contribution is 2.22. The maximum absolute atomic E-state index is 12.6. The summed E-state index contributed by atoms with van der Waals surface area (Å²) in [5.74, 6) is 0.166. The van der Waals surface area contributed by atoms with Crippen LogP contribution in [0.3, 0.4) is 0 Å². The number of benzene rings is 1. The topological polar surface area (TPSA) is 39.8 Å². The molecule has 0 amide bonds. The number of ketones is 1. The predicted octanol–water partition coefficient (Wildman–Crippen LogP) is 3.68. The number of rotatable bonds is 6. The Balaban J connectivity index is 1.78. The van der Waals surface area contributed by atoms with Gasteiger partial charge in [0.1, 0.15) is 0 Å². The lowest BCUT2D eigenvalue weighted by Crippen LogP contribution is -2.03. The second kappa shape index (κ2) is 6.24. The minimum Gasteiger partial charge on any atom is -0.350 e. The van der Waals surface area contributed by atoms with E-state index in [2.05, 4.69) is 11.6 Å². The van der Waals surface area contributed by atoms with Gasteiger partial charge in [0.15, 0.2) is 5.78 Å². The summed E-state index contributed by atoms with van der Waals surface area (Å²) >= 11 is 0. The highest BCUT2D eigenvalue weighted by Gasteiger charge is 2.15. The maximum atomic E-state index is 12.6. The Morgan fingerprint density at radius 3 is 2.91 bits per heavy atom. The van der Waals surface area contributed by atoms with Gasteiger partial charge in [-0.1, -0.05) is 24.3 Å². The van der Waals surface area contributed by atoms with E-state index < -0.39 is 0 Å². The number of hydrogen-bond acceptors (Lipinski definition) is 2. The number of carbonyl (C=O) groups is 1. The molecule has 0 radical (unpaired) electrons. The van der Waals surface area contributed by atoms with Crippen molar-refractivity contribution in [2.75, 3.05) is 0 Å². The van der Waals surface area contributed by atoms with Crippen LogP contribution in [0.4, 0.5) is 0 Å². The van der Waals surface area contributed by atoms with E-state index in [1.165, 1.54) is 0 Å². The fraction of sp³-hybridized carbons (Fsp3) is 0.263. The van der Waals surface area contributed by atoms with Crippen molar-refractivity contribution in [3.05, 3.63) is 66.4 Å². The van der Waals surface area contributed by atoms with E-state index in [0.717, 1.165) is 34.4 Å². The Kier molecular flexibility index (Phi) is 4.15. The van der Waals surface area contributed by atoms with Crippen LogP contribution in [0.15, 0.2) is 49.4 Å². The van der Waals surface area contributed by atoms with Crippen molar-refractivity contribution < 1.29 is 4.79 Å². The molecule has 2 aromatic heterocycles. The highest BCUT2D eigenvalue weighted by molar-refractivity contribution is 6.08. The fourth-order valence-corrected chi connectivity index (χ4v) is 2.98. The molecule has 0 spiro atoms. The molecule has 0 saturated heterocycles. The number of aryl methyl sites for hydroxylation is 2. The van der Waals surface area contributed by atoms with Crippen molar-refractivity contribution in [3.63, 3.8) is 0 Å². The molecule has 0 fully saturated rings. The highest BCUT2D eigenvalue weighted by atomic mass is 16.1. The molecular formula is C19H21N3O. The second-order valence-corrected chi connectivity index (χ2v) is 5.81. The number of imidazole rings is 1. The van der Waals surface area contributed by atoms with Crippen LogP contribution in [-0.2, 0) is 20.0 Å². The van der Waals surface area contributed by atoms with Gasteiger partial charge in [-0.05, 0) is 19.4 Å². The van der Waals surface area contributed by atoms with Gasteiger partial charge in [-0.15, -0.1) is 6.58 Å². The molecule has 4 heteroatoms. The molecule has 2 heterocycles. The molecule has 0 aliphatic carbocycles. The summed E-state index contributed by atoms with van der Waals surface area (Å²) in [5.41, 5.74) is 3.98. The first kappa shape index (κ1) is 15.3. The molecular weight excluding hydrogens is 286 g/mol. The van der Waals surface area contributed by atoms with E-state index >= 15 is 0 Å². The van der Waals surface area contributed by atoms with Crippen molar-refractivity contribution in [1.82, 2.24) is 14.1 Å². The molecule has 3 rings (SSSR count). The van der Waals surface area contributed by atoms with Gasteiger partial charge < -0.3 is 9.13 Å². The first-order chi connectivity index (χ1) is 11.1. The lowest BCUT2D eigenvalue weighted by Gasteiger charge is -2.02. The van der Waals surface area contributed by atoms with Gasteiger partial charge in [0.05, 0.1) is 12.0 Å². The zero-order valence-corrected chi connectivity index (χ0v) is 13.6. The largest absolute Gasteiger partial charge is 0.350 e. The van der Waals surface area contributed by atoms with Crippen LogP contribution < -0.4 is 0 Å². The summed E-state index contributed by atoms with van der Waals surface area (Å²) in [7, 11) is 1.97. The van der Waals surface area contributed by atoms with Gasteiger partial charge in [-0.2, -0.15) is 0 Å². The zero-order valence-electron chi connectivity index (χ0n) is 13.6. The van der Waals surface area contributed by atoms with Crippen LogP contribution in [0.25, 0.3) is 10.9 Å². The van der Waals surface area contributed by atoms with Crippen LogP contribution in [-0.4, -0.2) is 19.9 Å². The van der Waals surface area contributed by atoms with Gasteiger partial charge in [-0.25, -0.2) is 4.98 Å². The van der Waals surface area contributed by atoms with Crippen LogP contribution in [0, 0.1) is 6.92 Å². The number of aromatic nitrogens is 3. The van der Waals surface area contributed by atoms with E-state index in [4.69, 9.17) is 0 Å². The molecule has 0 saturated carbocycles.